The van der Waals surface area contributed by atoms with Crippen LogP contribution in [0.1, 0.15) is 45.1 Å². The Kier molecular flexibility index (Phi) is 7.12. The van der Waals surface area contributed by atoms with Crippen LogP contribution in [0.5, 0.6) is 11.5 Å². The molecule has 1 atom stereocenters. The fraction of sp³-hybridized carbons (Fsp3) is 0.417. The van der Waals surface area contributed by atoms with Crippen molar-refractivity contribution in [1.29, 1.82) is 0 Å². The number of methoxy groups -OCH3 is 1. The smallest absolute Gasteiger partial charge is 0.254 e. The van der Waals surface area contributed by atoms with Crippen LogP contribution in [0.15, 0.2) is 40.2 Å². The maximum atomic E-state index is 13.4. The minimum absolute atomic E-state index is 0.0514. The first-order chi connectivity index (χ1) is 15.5. The van der Waals surface area contributed by atoms with Gasteiger partial charge in [0, 0.05) is 23.6 Å². The van der Waals surface area contributed by atoms with E-state index >= 15 is 0 Å². The number of ether oxygens (including phenoxy) is 3. The van der Waals surface area contributed by atoms with E-state index in [-0.39, 0.29) is 12.0 Å². The topological polar surface area (TPSA) is 74.0 Å². The van der Waals surface area contributed by atoms with Crippen LogP contribution in [0.2, 0.25) is 0 Å². The van der Waals surface area contributed by atoms with Crippen LogP contribution in [0.3, 0.4) is 0 Å². The average molecular weight is 457 g/mol. The highest BCUT2D eigenvalue weighted by Gasteiger charge is 2.25. The van der Waals surface area contributed by atoms with Crippen LogP contribution in [-0.4, -0.2) is 42.3 Å². The summed E-state index contributed by atoms with van der Waals surface area (Å²) < 4.78 is 22.5. The molecule has 0 radical (unpaired) electrons. The third-order valence-corrected chi connectivity index (χ3v) is 6.49. The van der Waals surface area contributed by atoms with Gasteiger partial charge in [0.25, 0.3) is 5.91 Å². The summed E-state index contributed by atoms with van der Waals surface area (Å²) in [5, 5.41) is 5.98. The van der Waals surface area contributed by atoms with Crippen LogP contribution < -0.4 is 9.47 Å². The zero-order chi connectivity index (χ0) is 22.5. The molecule has 3 aromatic rings. The van der Waals surface area contributed by atoms with E-state index in [9.17, 15) is 4.79 Å². The number of aromatic nitrogens is 1. The molecule has 0 saturated carbocycles. The van der Waals surface area contributed by atoms with Gasteiger partial charge in [0.15, 0.2) is 11.5 Å². The van der Waals surface area contributed by atoms with Gasteiger partial charge >= 0.3 is 0 Å². The van der Waals surface area contributed by atoms with Crippen molar-refractivity contribution in [3.8, 4) is 11.5 Å². The molecule has 3 heterocycles. The number of rotatable bonds is 9. The zero-order valence-electron chi connectivity index (χ0n) is 18.6. The van der Waals surface area contributed by atoms with Crippen molar-refractivity contribution >= 4 is 17.2 Å². The third-order valence-electron chi connectivity index (χ3n) is 5.63. The van der Waals surface area contributed by atoms with Gasteiger partial charge in [0.1, 0.15) is 12.4 Å². The molecule has 0 N–H and O–H groups in total. The first-order valence-electron chi connectivity index (χ1n) is 10.7. The van der Waals surface area contributed by atoms with Crippen molar-refractivity contribution in [2.45, 2.75) is 45.9 Å². The molecule has 32 heavy (non-hydrogen) atoms. The minimum atomic E-state index is -0.0514. The Hall–Kier alpha value is -2.84. The van der Waals surface area contributed by atoms with Crippen LogP contribution in [0.4, 0.5) is 0 Å². The number of thiophene rings is 1. The van der Waals surface area contributed by atoms with Crippen molar-refractivity contribution in [2.24, 2.45) is 0 Å². The summed E-state index contributed by atoms with van der Waals surface area (Å²) in [6, 6.07) is 9.35. The molecule has 1 aliphatic heterocycles. The van der Waals surface area contributed by atoms with Gasteiger partial charge < -0.3 is 23.6 Å². The second kappa shape index (κ2) is 10.2. The number of benzene rings is 1. The molecule has 1 fully saturated rings. The van der Waals surface area contributed by atoms with E-state index < -0.39 is 0 Å². The molecule has 8 heteroatoms. The van der Waals surface area contributed by atoms with E-state index in [0.29, 0.717) is 36.8 Å². The highest BCUT2D eigenvalue weighted by molar-refractivity contribution is 7.09. The Balaban J connectivity index is 1.51. The summed E-state index contributed by atoms with van der Waals surface area (Å²) in [5.41, 5.74) is 2.26. The maximum absolute atomic E-state index is 13.4. The van der Waals surface area contributed by atoms with Crippen LogP contribution in [-0.2, 0) is 17.9 Å². The van der Waals surface area contributed by atoms with Gasteiger partial charge in [0.2, 0.25) is 0 Å². The highest BCUT2D eigenvalue weighted by Crippen LogP contribution is 2.30. The standard InChI is InChI=1S/C24H28N2O5S/c1-16-21(17(2)31-25-16)15-30-22-9-8-18(12-23(22)28-3)24(27)26(13-19-6-4-10-29-19)14-20-7-5-11-32-20/h5,7-9,11-12,19H,4,6,10,13-15H2,1-3H3. The molecule has 7 nitrogen and oxygen atoms in total. The van der Waals surface area contributed by atoms with Gasteiger partial charge in [-0.1, -0.05) is 11.2 Å². The molecule has 1 unspecified atom stereocenters. The van der Waals surface area contributed by atoms with Gasteiger partial charge in [-0.3, -0.25) is 4.79 Å². The summed E-state index contributed by atoms with van der Waals surface area (Å²) in [5.74, 6) is 1.75. The molecule has 1 saturated heterocycles. The molecule has 4 rings (SSSR count). The van der Waals surface area contributed by atoms with Gasteiger partial charge in [-0.15, -0.1) is 11.3 Å². The van der Waals surface area contributed by atoms with E-state index in [0.717, 1.165) is 41.3 Å². The van der Waals surface area contributed by atoms with Crippen LogP contribution in [0, 0.1) is 13.8 Å². The predicted octanol–water partition coefficient (Wildman–Crippen LogP) is 4.76. The van der Waals surface area contributed by atoms with Gasteiger partial charge in [0.05, 0.1) is 31.0 Å². The van der Waals surface area contributed by atoms with Gasteiger partial charge in [-0.2, -0.15) is 0 Å². The number of carbonyl (C=O) groups excluding carboxylic acids is 1. The molecule has 0 aliphatic carbocycles. The predicted molar refractivity (Wildman–Crippen MR) is 121 cm³/mol. The Morgan fingerprint density at radius 2 is 2.16 bits per heavy atom. The quantitative estimate of drug-likeness (QED) is 0.462. The molecular formula is C24H28N2O5S. The van der Waals surface area contributed by atoms with Crippen molar-refractivity contribution in [2.75, 3.05) is 20.3 Å². The molecule has 170 valence electrons. The largest absolute Gasteiger partial charge is 0.493 e. The van der Waals surface area contributed by atoms with Crippen LogP contribution in [0.25, 0.3) is 0 Å². The first-order valence-corrected chi connectivity index (χ1v) is 11.6. The molecule has 1 aliphatic rings. The number of aryl methyl sites for hydroxylation is 2. The Labute approximate surface area is 191 Å². The molecule has 1 aromatic carbocycles. The minimum Gasteiger partial charge on any atom is -0.493 e. The van der Waals surface area contributed by atoms with Crippen LogP contribution >= 0.6 is 11.3 Å². The number of hydrogen-bond acceptors (Lipinski definition) is 7. The second-order valence-corrected chi connectivity index (χ2v) is 8.89. The van der Waals surface area contributed by atoms with Gasteiger partial charge in [-0.05, 0) is 56.3 Å². The summed E-state index contributed by atoms with van der Waals surface area (Å²) in [6.07, 6.45) is 2.10. The fourth-order valence-corrected chi connectivity index (χ4v) is 4.52. The fourth-order valence-electron chi connectivity index (χ4n) is 3.80. The summed E-state index contributed by atoms with van der Waals surface area (Å²) in [4.78, 5) is 16.4. The molecule has 0 spiro atoms. The Morgan fingerprint density at radius 1 is 1.28 bits per heavy atom. The number of amides is 1. The number of nitrogens with zero attached hydrogens (tertiary/aromatic N) is 2. The Morgan fingerprint density at radius 3 is 2.81 bits per heavy atom. The van der Waals surface area contributed by atoms with E-state index in [4.69, 9.17) is 18.7 Å². The van der Waals surface area contributed by atoms with Crippen molar-refractivity contribution < 1.29 is 23.5 Å². The lowest BCUT2D eigenvalue weighted by molar-refractivity contribution is 0.0509. The van der Waals surface area contributed by atoms with E-state index in [2.05, 4.69) is 5.16 Å². The second-order valence-electron chi connectivity index (χ2n) is 7.86. The lowest BCUT2D eigenvalue weighted by Gasteiger charge is -2.25. The number of hydrogen-bond donors (Lipinski definition) is 0. The van der Waals surface area contributed by atoms with Crippen molar-refractivity contribution in [3.63, 3.8) is 0 Å². The highest BCUT2D eigenvalue weighted by atomic mass is 32.1. The molecule has 0 bridgehead atoms. The summed E-state index contributed by atoms with van der Waals surface area (Å²) in [6.45, 7) is 5.94. The average Bonchev–Trinajstić information content (AvgIpc) is 3.56. The molecule has 1 amide bonds. The van der Waals surface area contributed by atoms with E-state index in [1.165, 1.54) is 0 Å². The number of carbonyl (C=O) groups is 1. The van der Waals surface area contributed by atoms with Crippen molar-refractivity contribution in [3.05, 3.63) is 63.2 Å². The van der Waals surface area contributed by atoms with E-state index in [1.54, 1.807) is 36.6 Å². The van der Waals surface area contributed by atoms with Gasteiger partial charge in [-0.25, -0.2) is 0 Å². The first kappa shape index (κ1) is 22.4. The monoisotopic (exact) mass is 456 g/mol. The molecule has 2 aromatic heterocycles. The van der Waals surface area contributed by atoms with E-state index in [1.807, 2.05) is 36.3 Å². The van der Waals surface area contributed by atoms with Crippen molar-refractivity contribution in [1.82, 2.24) is 10.1 Å². The lowest BCUT2D eigenvalue weighted by atomic mass is 10.1. The maximum Gasteiger partial charge on any atom is 0.254 e. The normalized spacial score (nSPS) is 15.7. The lowest BCUT2D eigenvalue weighted by Crippen LogP contribution is -2.36. The summed E-state index contributed by atoms with van der Waals surface area (Å²) in [7, 11) is 1.57. The zero-order valence-corrected chi connectivity index (χ0v) is 19.4. The SMILES string of the molecule is COc1cc(C(=O)N(Cc2cccs2)CC2CCCO2)ccc1OCc1c(C)noc1C. The summed E-state index contributed by atoms with van der Waals surface area (Å²) >= 11 is 1.65. The Bertz CT molecular complexity index is 1020. The molecular weight excluding hydrogens is 428 g/mol. The third kappa shape index (κ3) is 5.14.